The van der Waals surface area contributed by atoms with Crippen molar-refractivity contribution in [3.8, 4) is 0 Å². The van der Waals surface area contributed by atoms with Crippen molar-refractivity contribution in [3.63, 3.8) is 0 Å². The molecule has 2 heteroatoms. The van der Waals surface area contributed by atoms with Gasteiger partial charge in [0.2, 0.25) is 0 Å². The van der Waals surface area contributed by atoms with Crippen LogP contribution in [0.2, 0.25) is 0 Å². The summed E-state index contributed by atoms with van der Waals surface area (Å²) in [5.41, 5.74) is 0. The number of hydrogen-bond donors (Lipinski definition) is 1. The normalized spacial score (nSPS) is 13.3. The molecule has 1 atom stereocenters. The Balaban J connectivity index is 2.99. The van der Waals surface area contributed by atoms with Gasteiger partial charge in [-0.2, -0.15) is 0 Å². The Morgan fingerprint density at radius 2 is 1.69 bits per heavy atom. The quantitative estimate of drug-likeness (QED) is 0.547. The second-order valence-corrected chi connectivity index (χ2v) is 5.10. The Morgan fingerprint density at radius 3 is 2.31 bits per heavy atom. The van der Waals surface area contributed by atoms with Crippen molar-refractivity contribution < 1.29 is 4.74 Å². The summed E-state index contributed by atoms with van der Waals surface area (Å²) >= 11 is 0. The maximum atomic E-state index is 5.63. The fourth-order valence-electron chi connectivity index (χ4n) is 1.50. The first-order valence-electron chi connectivity index (χ1n) is 6.99. The number of ether oxygens (including phenoxy) is 1. The van der Waals surface area contributed by atoms with Gasteiger partial charge in [-0.15, -0.1) is 0 Å². The maximum absolute atomic E-state index is 5.63. The van der Waals surface area contributed by atoms with Crippen LogP contribution in [0.3, 0.4) is 0 Å². The van der Waals surface area contributed by atoms with E-state index < -0.39 is 0 Å². The van der Waals surface area contributed by atoms with E-state index in [0.29, 0.717) is 6.10 Å². The SMILES string of the molecule is CCC(C)OCCCCCCNCC(C)C. The monoisotopic (exact) mass is 229 g/mol. The molecule has 0 aromatic rings. The van der Waals surface area contributed by atoms with Gasteiger partial charge in [-0.1, -0.05) is 33.6 Å². The minimum atomic E-state index is 0.438. The van der Waals surface area contributed by atoms with E-state index in [1.54, 1.807) is 0 Å². The van der Waals surface area contributed by atoms with Gasteiger partial charge >= 0.3 is 0 Å². The maximum Gasteiger partial charge on any atom is 0.0544 e. The van der Waals surface area contributed by atoms with Gasteiger partial charge in [0.1, 0.15) is 0 Å². The molecule has 98 valence electrons. The minimum absolute atomic E-state index is 0.438. The smallest absolute Gasteiger partial charge is 0.0544 e. The fraction of sp³-hybridized carbons (Fsp3) is 1.00. The van der Waals surface area contributed by atoms with E-state index in [1.165, 1.54) is 32.2 Å². The Hall–Kier alpha value is -0.0800. The van der Waals surface area contributed by atoms with E-state index in [0.717, 1.165) is 25.5 Å². The van der Waals surface area contributed by atoms with Crippen LogP contribution in [-0.4, -0.2) is 25.8 Å². The lowest BCUT2D eigenvalue weighted by Gasteiger charge is -2.10. The first-order chi connectivity index (χ1) is 7.66. The average Bonchev–Trinajstić information content (AvgIpc) is 2.26. The predicted molar refractivity (Wildman–Crippen MR) is 71.9 cm³/mol. The van der Waals surface area contributed by atoms with Crippen LogP contribution >= 0.6 is 0 Å². The largest absolute Gasteiger partial charge is 0.379 e. The lowest BCUT2D eigenvalue weighted by atomic mass is 10.2. The van der Waals surface area contributed by atoms with E-state index in [9.17, 15) is 0 Å². The minimum Gasteiger partial charge on any atom is -0.379 e. The van der Waals surface area contributed by atoms with Crippen LogP contribution in [0.25, 0.3) is 0 Å². The van der Waals surface area contributed by atoms with Crippen molar-refractivity contribution in [1.82, 2.24) is 5.32 Å². The number of unbranched alkanes of at least 4 members (excludes halogenated alkanes) is 3. The van der Waals surface area contributed by atoms with Crippen LogP contribution < -0.4 is 5.32 Å². The fourth-order valence-corrected chi connectivity index (χ4v) is 1.50. The van der Waals surface area contributed by atoms with E-state index in [1.807, 2.05) is 0 Å². The molecule has 2 nitrogen and oxygen atoms in total. The summed E-state index contributed by atoms with van der Waals surface area (Å²) in [7, 11) is 0. The third kappa shape index (κ3) is 12.0. The number of hydrogen-bond acceptors (Lipinski definition) is 2. The zero-order valence-corrected chi connectivity index (χ0v) is 11.7. The second kappa shape index (κ2) is 11.4. The Bertz CT molecular complexity index is 137. The summed E-state index contributed by atoms with van der Waals surface area (Å²) in [4.78, 5) is 0. The van der Waals surface area contributed by atoms with Gasteiger partial charge in [0.15, 0.2) is 0 Å². The lowest BCUT2D eigenvalue weighted by molar-refractivity contribution is 0.0608. The zero-order chi connectivity index (χ0) is 12.2. The Labute approximate surface area is 102 Å². The van der Waals surface area contributed by atoms with Crippen molar-refractivity contribution in [2.24, 2.45) is 5.92 Å². The Morgan fingerprint density at radius 1 is 1.00 bits per heavy atom. The molecule has 0 amide bonds. The third-order valence-electron chi connectivity index (χ3n) is 2.78. The number of rotatable bonds is 11. The molecule has 0 aromatic carbocycles. The zero-order valence-electron chi connectivity index (χ0n) is 11.7. The van der Waals surface area contributed by atoms with Crippen LogP contribution in [0, 0.1) is 5.92 Å². The summed E-state index contributed by atoms with van der Waals surface area (Å²) in [6, 6.07) is 0. The summed E-state index contributed by atoms with van der Waals surface area (Å²) in [5, 5.41) is 3.47. The highest BCUT2D eigenvalue weighted by molar-refractivity contribution is 4.52. The topological polar surface area (TPSA) is 21.3 Å². The molecule has 16 heavy (non-hydrogen) atoms. The van der Waals surface area contributed by atoms with E-state index in [-0.39, 0.29) is 0 Å². The summed E-state index contributed by atoms with van der Waals surface area (Å²) in [6.45, 7) is 12.1. The molecule has 1 N–H and O–H groups in total. The van der Waals surface area contributed by atoms with Gasteiger partial charge in [0.25, 0.3) is 0 Å². The molecule has 0 rings (SSSR count). The second-order valence-electron chi connectivity index (χ2n) is 5.10. The van der Waals surface area contributed by atoms with Gasteiger partial charge < -0.3 is 10.1 Å². The molecule has 0 bridgehead atoms. The lowest BCUT2D eigenvalue weighted by Crippen LogP contribution is -2.20. The molecular weight excluding hydrogens is 198 g/mol. The van der Waals surface area contributed by atoms with Crippen LogP contribution in [0.1, 0.15) is 59.8 Å². The van der Waals surface area contributed by atoms with Crippen molar-refractivity contribution in [3.05, 3.63) is 0 Å². The van der Waals surface area contributed by atoms with Crippen LogP contribution in [0.4, 0.5) is 0 Å². The Kier molecular flexibility index (Phi) is 11.3. The highest BCUT2D eigenvalue weighted by Crippen LogP contribution is 2.02. The predicted octanol–water partition coefficient (Wildman–Crippen LogP) is 3.61. The van der Waals surface area contributed by atoms with Gasteiger partial charge in [0.05, 0.1) is 6.10 Å². The number of nitrogens with one attached hydrogen (secondary N) is 1. The standard InChI is InChI=1S/C14H31NO/c1-5-14(4)16-11-9-7-6-8-10-15-12-13(2)3/h13-15H,5-12H2,1-4H3. The molecule has 0 saturated carbocycles. The van der Waals surface area contributed by atoms with Crippen molar-refractivity contribution >= 4 is 0 Å². The molecular formula is C14H31NO. The molecule has 0 radical (unpaired) electrons. The van der Waals surface area contributed by atoms with Crippen LogP contribution in [0.15, 0.2) is 0 Å². The van der Waals surface area contributed by atoms with Gasteiger partial charge in [-0.05, 0) is 45.2 Å². The summed E-state index contributed by atoms with van der Waals surface area (Å²) < 4.78 is 5.63. The highest BCUT2D eigenvalue weighted by Gasteiger charge is 1.97. The molecule has 0 aliphatic rings. The van der Waals surface area contributed by atoms with Crippen LogP contribution in [0.5, 0.6) is 0 Å². The third-order valence-corrected chi connectivity index (χ3v) is 2.78. The van der Waals surface area contributed by atoms with Gasteiger partial charge in [0, 0.05) is 6.61 Å². The van der Waals surface area contributed by atoms with Gasteiger partial charge in [-0.25, -0.2) is 0 Å². The van der Waals surface area contributed by atoms with Crippen molar-refractivity contribution in [2.45, 2.75) is 65.9 Å². The molecule has 0 aromatic heterocycles. The van der Waals surface area contributed by atoms with E-state index >= 15 is 0 Å². The van der Waals surface area contributed by atoms with E-state index in [2.05, 4.69) is 33.0 Å². The van der Waals surface area contributed by atoms with E-state index in [4.69, 9.17) is 4.74 Å². The average molecular weight is 229 g/mol. The molecule has 0 aliphatic carbocycles. The summed E-state index contributed by atoms with van der Waals surface area (Å²) in [6.07, 6.45) is 6.71. The molecule has 0 aliphatic heterocycles. The molecule has 1 unspecified atom stereocenters. The molecule has 0 fully saturated rings. The first kappa shape index (κ1) is 15.9. The van der Waals surface area contributed by atoms with Gasteiger partial charge in [-0.3, -0.25) is 0 Å². The molecule has 0 heterocycles. The summed E-state index contributed by atoms with van der Waals surface area (Å²) in [5.74, 6) is 0.768. The van der Waals surface area contributed by atoms with Crippen LogP contribution in [-0.2, 0) is 4.74 Å². The molecule has 0 spiro atoms. The highest BCUT2D eigenvalue weighted by atomic mass is 16.5. The van der Waals surface area contributed by atoms with Crippen molar-refractivity contribution in [2.75, 3.05) is 19.7 Å². The van der Waals surface area contributed by atoms with Crippen molar-refractivity contribution in [1.29, 1.82) is 0 Å². The first-order valence-corrected chi connectivity index (χ1v) is 6.99. The molecule has 0 saturated heterocycles.